The predicted molar refractivity (Wildman–Crippen MR) is 76.6 cm³/mol. The van der Waals surface area contributed by atoms with Gasteiger partial charge in [0.15, 0.2) is 0 Å². The number of hydrogen-bond donors (Lipinski definition) is 2. The highest BCUT2D eigenvalue weighted by Crippen LogP contribution is 2.42. The van der Waals surface area contributed by atoms with Gasteiger partial charge in [-0.2, -0.15) is 0 Å². The van der Waals surface area contributed by atoms with Crippen LogP contribution in [-0.2, 0) is 12.8 Å². The number of carbonyl (C=O) groups excluding carboxylic acids is 1. The highest BCUT2D eigenvalue weighted by molar-refractivity contribution is 7.16. The Labute approximate surface area is 119 Å². The van der Waals surface area contributed by atoms with Crippen LogP contribution in [0.3, 0.4) is 0 Å². The van der Waals surface area contributed by atoms with Gasteiger partial charge in [-0.1, -0.05) is 12.1 Å². The molecule has 4 rings (SSSR count). The molecule has 0 saturated carbocycles. The molecule has 1 atom stereocenters. The predicted octanol–water partition coefficient (Wildman–Crippen LogP) is 3.23. The van der Waals surface area contributed by atoms with E-state index >= 15 is 0 Å². The number of amides is 1. The number of halogens is 1. The summed E-state index contributed by atoms with van der Waals surface area (Å²) >= 11 is 1.67. The Hall–Kier alpha value is -1.88. The molecule has 0 spiro atoms. The molecule has 1 aromatic heterocycles. The van der Waals surface area contributed by atoms with Gasteiger partial charge in [-0.05, 0) is 42.5 Å². The molecule has 0 saturated heterocycles. The van der Waals surface area contributed by atoms with Crippen LogP contribution in [0.15, 0.2) is 24.3 Å². The molecule has 0 unspecified atom stereocenters. The maximum Gasteiger partial charge on any atom is 0.256 e. The smallest absolute Gasteiger partial charge is 0.256 e. The maximum absolute atomic E-state index is 13.3. The van der Waals surface area contributed by atoms with E-state index in [-0.39, 0.29) is 17.9 Å². The van der Waals surface area contributed by atoms with E-state index in [0.717, 1.165) is 35.4 Å². The largest absolute Gasteiger partial charge is 0.353 e. The lowest BCUT2D eigenvalue weighted by Gasteiger charge is -2.26. The van der Waals surface area contributed by atoms with Crippen LogP contribution in [-0.4, -0.2) is 5.91 Å². The first-order chi connectivity index (χ1) is 9.72. The second kappa shape index (κ2) is 4.31. The van der Waals surface area contributed by atoms with Crippen molar-refractivity contribution in [2.45, 2.75) is 25.4 Å². The molecule has 0 fully saturated rings. The number of carbonyl (C=O) groups is 1. The van der Waals surface area contributed by atoms with Gasteiger partial charge < -0.3 is 10.6 Å². The second-order valence-corrected chi connectivity index (χ2v) is 6.27. The van der Waals surface area contributed by atoms with Crippen molar-refractivity contribution in [3.63, 3.8) is 0 Å². The van der Waals surface area contributed by atoms with Crippen molar-refractivity contribution >= 4 is 22.2 Å². The molecule has 2 N–H and O–H groups in total. The average Bonchev–Trinajstić information content (AvgIpc) is 2.98. The Kier molecular flexibility index (Phi) is 2.57. The summed E-state index contributed by atoms with van der Waals surface area (Å²) in [7, 11) is 0. The molecule has 1 amide bonds. The van der Waals surface area contributed by atoms with Gasteiger partial charge >= 0.3 is 0 Å². The van der Waals surface area contributed by atoms with Gasteiger partial charge in [-0.25, -0.2) is 4.39 Å². The van der Waals surface area contributed by atoms with Gasteiger partial charge in [0.1, 0.15) is 17.0 Å². The van der Waals surface area contributed by atoms with E-state index in [1.165, 1.54) is 22.6 Å². The standard InChI is InChI=1S/C15H13FN2OS/c16-9-4-1-3-8(7-9)13-17-14(19)12-10-5-2-6-11(10)20-15(12)18-13/h1,3-4,7,13,18H,2,5-6H2,(H,17,19)/t13-/m1/s1. The lowest BCUT2D eigenvalue weighted by Crippen LogP contribution is -2.38. The number of nitrogens with one attached hydrogen (secondary N) is 2. The van der Waals surface area contributed by atoms with Crippen molar-refractivity contribution in [1.82, 2.24) is 5.32 Å². The molecule has 2 aliphatic rings. The fourth-order valence-electron chi connectivity index (χ4n) is 2.97. The third-order valence-electron chi connectivity index (χ3n) is 3.88. The number of thiophene rings is 1. The van der Waals surface area contributed by atoms with E-state index < -0.39 is 0 Å². The Morgan fingerprint density at radius 2 is 2.15 bits per heavy atom. The van der Waals surface area contributed by atoms with Crippen molar-refractivity contribution < 1.29 is 9.18 Å². The van der Waals surface area contributed by atoms with E-state index in [2.05, 4.69) is 10.6 Å². The van der Waals surface area contributed by atoms with Gasteiger partial charge in [-0.15, -0.1) is 11.3 Å². The minimum atomic E-state index is -0.357. The first-order valence-corrected chi connectivity index (χ1v) is 7.51. The van der Waals surface area contributed by atoms with Crippen LogP contribution in [0.5, 0.6) is 0 Å². The molecule has 2 aromatic rings. The first-order valence-electron chi connectivity index (χ1n) is 6.70. The molecule has 5 heteroatoms. The van der Waals surface area contributed by atoms with Crippen LogP contribution in [0.2, 0.25) is 0 Å². The Bertz CT molecular complexity index is 710. The lowest BCUT2D eigenvalue weighted by atomic mass is 10.1. The van der Waals surface area contributed by atoms with Gasteiger partial charge in [-0.3, -0.25) is 4.79 Å². The van der Waals surface area contributed by atoms with Crippen LogP contribution in [0.1, 0.15) is 38.9 Å². The number of fused-ring (bicyclic) bond motifs is 3. The maximum atomic E-state index is 13.3. The summed E-state index contributed by atoms with van der Waals surface area (Å²) in [6.07, 6.45) is 2.83. The minimum Gasteiger partial charge on any atom is -0.353 e. The van der Waals surface area contributed by atoms with Crippen LogP contribution in [0.4, 0.5) is 9.39 Å². The summed E-state index contributed by atoms with van der Waals surface area (Å²) in [5.74, 6) is -0.342. The van der Waals surface area contributed by atoms with Gasteiger partial charge in [0.05, 0.1) is 5.56 Å². The molecular weight excluding hydrogens is 275 g/mol. The monoisotopic (exact) mass is 288 g/mol. The fourth-order valence-corrected chi connectivity index (χ4v) is 4.28. The van der Waals surface area contributed by atoms with E-state index in [4.69, 9.17) is 0 Å². The van der Waals surface area contributed by atoms with Crippen LogP contribution < -0.4 is 10.6 Å². The highest BCUT2D eigenvalue weighted by Gasteiger charge is 2.32. The van der Waals surface area contributed by atoms with Crippen molar-refractivity contribution in [1.29, 1.82) is 0 Å². The molecule has 3 nitrogen and oxygen atoms in total. The Morgan fingerprint density at radius 3 is 3.00 bits per heavy atom. The number of aryl methyl sites for hydroxylation is 1. The van der Waals surface area contributed by atoms with E-state index in [9.17, 15) is 9.18 Å². The van der Waals surface area contributed by atoms with Crippen molar-refractivity contribution in [2.75, 3.05) is 5.32 Å². The van der Waals surface area contributed by atoms with Crippen molar-refractivity contribution in [2.24, 2.45) is 0 Å². The zero-order chi connectivity index (χ0) is 13.7. The SMILES string of the molecule is O=C1N[C@@H](c2cccc(F)c2)Nc2sc3c(c21)CCC3. The number of anilines is 1. The molecule has 1 aliphatic heterocycles. The van der Waals surface area contributed by atoms with Gasteiger partial charge in [0, 0.05) is 4.88 Å². The number of rotatable bonds is 1. The summed E-state index contributed by atoms with van der Waals surface area (Å²) in [5, 5.41) is 7.17. The Balaban J connectivity index is 1.73. The summed E-state index contributed by atoms with van der Waals surface area (Å²) < 4.78 is 13.3. The van der Waals surface area contributed by atoms with E-state index in [1.807, 2.05) is 6.07 Å². The van der Waals surface area contributed by atoms with Crippen LogP contribution >= 0.6 is 11.3 Å². The lowest BCUT2D eigenvalue weighted by molar-refractivity contribution is 0.0935. The number of benzene rings is 1. The molecule has 20 heavy (non-hydrogen) atoms. The normalized spacial score (nSPS) is 20.1. The molecule has 1 aliphatic carbocycles. The molecule has 1 aromatic carbocycles. The molecule has 2 heterocycles. The first kappa shape index (κ1) is 11.9. The summed E-state index contributed by atoms with van der Waals surface area (Å²) in [6.45, 7) is 0. The third kappa shape index (κ3) is 1.73. The molecular formula is C15H13FN2OS. The van der Waals surface area contributed by atoms with Gasteiger partial charge in [0.2, 0.25) is 0 Å². The van der Waals surface area contributed by atoms with Crippen molar-refractivity contribution in [3.8, 4) is 0 Å². The highest BCUT2D eigenvalue weighted by atomic mass is 32.1. The van der Waals surface area contributed by atoms with Crippen LogP contribution in [0, 0.1) is 5.82 Å². The Morgan fingerprint density at radius 1 is 1.25 bits per heavy atom. The van der Waals surface area contributed by atoms with Crippen LogP contribution in [0.25, 0.3) is 0 Å². The summed E-state index contributed by atoms with van der Waals surface area (Å²) in [5.41, 5.74) is 2.74. The molecule has 0 radical (unpaired) electrons. The molecule has 0 bridgehead atoms. The topological polar surface area (TPSA) is 41.1 Å². The zero-order valence-corrected chi connectivity index (χ0v) is 11.5. The summed E-state index contributed by atoms with van der Waals surface area (Å²) in [6, 6.07) is 6.32. The quantitative estimate of drug-likeness (QED) is 0.846. The third-order valence-corrected chi connectivity index (χ3v) is 5.10. The van der Waals surface area contributed by atoms with E-state index in [0.29, 0.717) is 0 Å². The number of hydrogen-bond acceptors (Lipinski definition) is 3. The minimum absolute atomic E-state index is 0.0487. The van der Waals surface area contributed by atoms with E-state index in [1.54, 1.807) is 17.4 Å². The average molecular weight is 288 g/mol. The molecule has 102 valence electrons. The second-order valence-electron chi connectivity index (χ2n) is 5.17. The zero-order valence-electron chi connectivity index (χ0n) is 10.7. The van der Waals surface area contributed by atoms with Crippen molar-refractivity contribution in [3.05, 3.63) is 51.7 Å². The van der Waals surface area contributed by atoms with Gasteiger partial charge in [0.25, 0.3) is 5.91 Å². The summed E-state index contributed by atoms with van der Waals surface area (Å²) in [4.78, 5) is 13.7. The fraction of sp³-hybridized carbons (Fsp3) is 0.267.